The summed E-state index contributed by atoms with van der Waals surface area (Å²) in [7, 11) is 0. The molecular formula is C22H16FN3O3S. The van der Waals surface area contributed by atoms with E-state index >= 15 is 0 Å². The lowest BCUT2D eigenvalue weighted by Gasteiger charge is -2.07. The van der Waals surface area contributed by atoms with Gasteiger partial charge in [-0.3, -0.25) is 9.52 Å². The second-order valence-electron chi connectivity index (χ2n) is 6.44. The molecule has 0 radical (unpaired) electrons. The van der Waals surface area contributed by atoms with Crippen molar-refractivity contribution in [3.8, 4) is 11.5 Å². The Kier molecular flexibility index (Phi) is 5.49. The predicted octanol–water partition coefficient (Wildman–Crippen LogP) is 5.55. The molecule has 150 valence electrons. The zero-order chi connectivity index (χ0) is 21.1. The number of hydrogen-bond donors (Lipinski definition) is 2. The van der Waals surface area contributed by atoms with E-state index in [0.717, 1.165) is 5.56 Å². The summed E-state index contributed by atoms with van der Waals surface area (Å²) >= 11 is 0.701. The maximum atomic E-state index is 14.0. The molecule has 0 atom stereocenters. The molecule has 0 bridgehead atoms. The van der Waals surface area contributed by atoms with Gasteiger partial charge in [0.1, 0.15) is 11.3 Å². The Balaban J connectivity index is 1.43. The van der Waals surface area contributed by atoms with Crippen LogP contribution in [0.1, 0.15) is 15.9 Å². The summed E-state index contributed by atoms with van der Waals surface area (Å²) < 4.78 is 22.0. The number of fused-ring (bicyclic) bond motifs is 1. The fraction of sp³-hybridized carbons (Fsp3) is 0.0455. The van der Waals surface area contributed by atoms with E-state index in [-0.39, 0.29) is 16.6 Å². The number of carbonyl (C=O) groups is 2. The minimum atomic E-state index is -0.556. The highest BCUT2D eigenvalue weighted by atomic mass is 32.2. The summed E-state index contributed by atoms with van der Waals surface area (Å²) in [6.07, 6.45) is 0. The van der Waals surface area contributed by atoms with Gasteiger partial charge < -0.3 is 9.73 Å². The Morgan fingerprint density at radius 1 is 1.03 bits per heavy atom. The number of benzene rings is 3. The highest BCUT2D eigenvalue weighted by Crippen LogP contribution is 2.27. The highest BCUT2D eigenvalue weighted by molar-refractivity contribution is 8.12. The molecular weight excluding hydrogens is 405 g/mol. The lowest BCUT2D eigenvalue weighted by atomic mass is 10.1. The molecule has 0 aliphatic carbocycles. The Labute approximate surface area is 175 Å². The van der Waals surface area contributed by atoms with Gasteiger partial charge in [0.05, 0.1) is 5.56 Å². The standard InChI is InChI=1S/C22H16FN3O3S/c1-13-6-2-3-7-15(13)21(27)30-26-22(28)24-14-10-11-19-18(12-14)25-20(29-19)16-8-4-5-9-17(16)23/h2-12H,1H3,(H2,24,26,28). The van der Waals surface area contributed by atoms with Crippen molar-refractivity contribution in [3.05, 3.63) is 83.7 Å². The van der Waals surface area contributed by atoms with Gasteiger partial charge >= 0.3 is 6.03 Å². The molecule has 8 heteroatoms. The molecule has 1 heterocycles. The van der Waals surface area contributed by atoms with Crippen LogP contribution >= 0.6 is 11.9 Å². The predicted molar refractivity (Wildman–Crippen MR) is 115 cm³/mol. The number of urea groups is 1. The van der Waals surface area contributed by atoms with Crippen molar-refractivity contribution < 1.29 is 18.4 Å². The van der Waals surface area contributed by atoms with Crippen molar-refractivity contribution in [1.82, 2.24) is 9.71 Å². The third-order valence-electron chi connectivity index (χ3n) is 4.35. The van der Waals surface area contributed by atoms with Crippen molar-refractivity contribution in [2.75, 3.05) is 5.32 Å². The van der Waals surface area contributed by atoms with E-state index in [4.69, 9.17) is 4.42 Å². The normalized spacial score (nSPS) is 10.7. The number of carbonyl (C=O) groups excluding carboxylic acids is 2. The largest absolute Gasteiger partial charge is 0.436 e. The highest BCUT2D eigenvalue weighted by Gasteiger charge is 2.14. The second-order valence-corrected chi connectivity index (χ2v) is 7.22. The zero-order valence-electron chi connectivity index (χ0n) is 15.8. The van der Waals surface area contributed by atoms with Gasteiger partial charge in [-0.2, -0.15) is 0 Å². The first-order chi connectivity index (χ1) is 14.5. The monoisotopic (exact) mass is 421 g/mol. The Bertz CT molecular complexity index is 1260. The van der Waals surface area contributed by atoms with E-state index in [0.29, 0.717) is 34.3 Å². The molecule has 2 N–H and O–H groups in total. The first-order valence-electron chi connectivity index (χ1n) is 9.00. The van der Waals surface area contributed by atoms with Gasteiger partial charge in [-0.25, -0.2) is 14.2 Å². The lowest BCUT2D eigenvalue weighted by Crippen LogP contribution is -2.24. The van der Waals surface area contributed by atoms with Gasteiger partial charge in [-0.05, 0) is 42.8 Å². The summed E-state index contributed by atoms with van der Waals surface area (Å²) in [6, 6.07) is 17.7. The molecule has 30 heavy (non-hydrogen) atoms. The molecule has 4 rings (SSSR count). The fourth-order valence-corrected chi connectivity index (χ4v) is 3.44. The van der Waals surface area contributed by atoms with Crippen LogP contribution in [0, 0.1) is 12.7 Å². The summed E-state index contributed by atoms with van der Waals surface area (Å²) in [4.78, 5) is 28.7. The number of rotatable bonds is 3. The summed E-state index contributed by atoms with van der Waals surface area (Å²) in [5, 5.41) is 2.38. The Morgan fingerprint density at radius 2 is 1.80 bits per heavy atom. The summed E-state index contributed by atoms with van der Waals surface area (Å²) in [5.41, 5.74) is 3.01. The quantitative estimate of drug-likeness (QED) is 0.424. The molecule has 6 nitrogen and oxygen atoms in total. The van der Waals surface area contributed by atoms with Crippen LogP contribution in [0.4, 0.5) is 14.9 Å². The first kappa shape index (κ1) is 19.7. The van der Waals surface area contributed by atoms with Crippen LogP contribution in [-0.2, 0) is 0 Å². The Morgan fingerprint density at radius 3 is 2.60 bits per heavy atom. The van der Waals surface area contributed by atoms with Crippen molar-refractivity contribution in [2.24, 2.45) is 0 Å². The van der Waals surface area contributed by atoms with Crippen LogP contribution in [-0.4, -0.2) is 16.1 Å². The SMILES string of the molecule is Cc1ccccc1C(=O)SNC(=O)Nc1ccc2oc(-c3ccccc3F)nc2c1. The van der Waals surface area contributed by atoms with Gasteiger partial charge in [0.25, 0.3) is 0 Å². The van der Waals surface area contributed by atoms with E-state index in [1.165, 1.54) is 6.07 Å². The van der Waals surface area contributed by atoms with Crippen molar-refractivity contribution in [3.63, 3.8) is 0 Å². The Hall–Kier alpha value is -3.65. The summed E-state index contributed by atoms with van der Waals surface area (Å²) in [6.45, 7) is 1.83. The number of anilines is 1. The molecule has 1 aromatic heterocycles. The minimum Gasteiger partial charge on any atom is -0.436 e. The number of nitrogens with zero attached hydrogens (tertiary/aromatic N) is 1. The van der Waals surface area contributed by atoms with Crippen LogP contribution in [0.25, 0.3) is 22.6 Å². The van der Waals surface area contributed by atoms with Crippen LogP contribution < -0.4 is 10.0 Å². The minimum absolute atomic E-state index is 0.157. The van der Waals surface area contributed by atoms with E-state index < -0.39 is 11.8 Å². The number of hydrogen-bond acceptors (Lipinski definition) is 5. The number of halogens is 1. The third-order valence-corrected chi connectivity index (χ3v) is 5.04. The topological polar surface area (TPSA) is 84.2 Å². The smallest absolute Gasteiger partial charge is 0.329 e. The van der Waals surface area contributed by atoms with Gasteiger partial charge in [0.2, 0.25) is 11.0 Å². The van der Waals surface area contributed by atoms with Crippen LogP contribution in [0.15, 0.2) is 71.1 Å². The maximum absolute atomic E-state index is 14.0. The average Bonchev–Trinajstić information content (AvgIpc) is 3.16. The van der Waals surface area contributed by atoms with Crippen molar-refractivity contribution in [2.45, 2.75) is 6.92 Å². The molecule has 0 saturated carbocycles. The first-order valence-corrected chi connectivity index (χ1v) is 9.82. The number of nitrogens with one attached hydrogen (secondary N) is 2. The van der Waals surface area contributed by atoms with Gasteiger partial charge in [-0.15, -0.1) is 0 Å². The third kappa shape index (κ3) is 4.18. The average molecular weight is 421 g/mol. The zero-order valence-corrected chi connectivity index (χ0v) is 16.6. The molecule has 0 aliphatic heterocycles. The van der Waals surface area contributed by atoms with Crippen LogP contribution in [0.5, 0.6) is 0 Å². The lowest BCUT2D eigenvalue weighted by molar-refractivity contribution is 0.108. The number of aryl methyl sites for hydroxylation is 1. The molecule has 0 aliphatic rings. The molecule has 0 spiro atoms. The van der Waals surface area contributed by atoms with Crippen LogP contribution in [0.3, 0.4) is 0 Å². The van der Waals surface area contributed by atoms with E-state index in [2.05, 4.69) is 15.0 Å². The molecule has 3 aromatic carbocycles. The second kappa shape index (κ2) is 8.38. The van der Waals surface area contributed by atoms with E-state index in [9.17, 15) is 14.0 Å². The van der Waals surface area contributed by atoms with Crippen molar-refractivity contribution >= 4 is 39.9 Å². The number of aromatic nitrogens is 1. The van der Waals surface area contributed by atoms with Crippen LogP contribution in [0.2, 0.25) is 0 Å². The maximum Gasteiger partial charge on any atom is 0.329 e. The van der Waals surface area contributed by atoms with E-state index in [1.54, 1.807) is 48.5 Å². The summed E-state index contributed by atoms with van der Waals surface area (Å²) in [5.74, 6) is -0.277. The van der Waals surface area contributed by atoms with E-state index in [1.807, 2.05) is 19.1 Å². The van der Waals surface area contributed by atoms with Gasteiger partial charge in [0, 0.05) is 23.2 Å². The number of amides is 2. The molecule has 4 aromatic rings. The molecule has 0 unspecified atom stereocenters. The molecule has 0 saturated heterocycles. The molecule has 2 amide bonds. The van der Waals surface area contributed by atoms with Crippen molar-refractivity contribution in [1.29, 1.82) is 0 Å². The van der Waals surface area contributed by atoms with Gasteiger partial charge in [0.15, 0.2) is 5.58 Å². The van der Waals surface area contributed by atoms with Gasteiger partial charge in [-0.1, -0.05) is 36.4 Å². The fourth-order valence-electron chi connectivity index (χ4n) is 2.86. The molecule has 0 fully saturated rings. The number of oxazole rings is 1.